The molecule has 3 N–H and O–H groups in total. The highest BCUT2D eigenvalue weighted by atomic mass is 16.5. The fraction of sp³-hybridized carbons (Fsp3) is 0.467. The molecule has 2 atom stereocenters. The normalized spacial score (nSPS) is 24.6. The molecule has 0 radical (unpaired) electrons. The van der Waals surface area contributed by atoms with Crippen LogP contribution in [-0.2, 0) is 4.74 Å². The fourth-order valence-corrected chi connectivity index (χ4v) is 2.40. The standard InChI is InChI=1S/C15H20N2O4/c1-9-8-11(4-5-12(9)13(18)19)16-14(20)17-15(3)6-7-21-10(15)2/h4-5,8,10H,6-7H2,1-3H3,(H,18,19)(H2,16,17,20). The SMILES string of the molecule is Cc1cc(NC(=O)NC2(C)CCOC2C)ccc1C(=O)O. The van der Waals surface area contributed by atoms with Crippen LogP contribution in [0.2, 0.25) is 0 Å². The zero-order valence-corrected chi connectivity index (χ0v) is 12.4. The van der Waals surface area contributed by atoms with Gasteiger partial charge in [0.1, 0.15) is 0 Å². The Kier molecular flexibility index (Phi) is 4.18. The van der Waals surface area contributed by atoms with E-state index in [0.717, 1.165) is 6.42 Å². The summed E-state index contributed by atoms with van der Waals surface area (Å²) in [7, 11) is 0. The van der Waals surface area contributed by atoms with Gasteiger partial charge in [-0.05, 0) is 51.0 Å². The number of carbonyl (C=O) groups excluding carboxylic acids is 1. The molecule has 0 saturated carbocycles. The van der Waals surface area contributed by atoms with Gasteiger partial charge in [-0.2, -0.15) is 0 Å². The number of aromatic carboxylic acids is 1. The van der Waals surface area contributed by atoms with E-state index >= 15 is 0 Å². The number of rotatable bonds is 3. The van der Waals surface area contributed by atoms with Crippen LogP contribution in [0.5, 0.6) is 0 Å². The topological polar surface area (TPSA) is 87.7 Å². The molecular formula is C15H20N2O4. The molecule has 1 aromatic rings. The van der Waals surface area contributed by atoms with Gasteiger partial charge in [0, 0.05) is 12.3 Å². The molecule has 114 valence electrons. The molecule has 0 aliphatic carbocycles. The second-order valence-electron chi connectivity index (χ2n) is 5.59. The van der Waals surface area contributed by atoms with Crippen molar-refractivity contribution < 1.29 is 19.4 Å². The van der Waals surface area contributed by atoms with Crippen LogP contribution in [0.15, 0.2) is 18.2 Å². The smallest absolute Gasteiger partial charge is 0.335 e. The maximum Gasteiger partial charge on any atom is 0.335 e. The summed E-state index contributed by atoms with van der Waals surface area (Å²) in [6.45, 7) is 6.20. The Hall–Kier alpha value is -2.08. The number of hydrogen-bond acceptors (Lipinski definition) is 3. The van der Waals surface area contributed by atoms with Gasteiger partial charge in [0.2, 0.25) is 0 Å². The molecule has 6 nitrogen and oxygen atoms in total. The molecule has 2 unspecified atom stereocenters. The van der Waals surface area contributed by atoms with E-state index < -0.39 is 5.97 Å². The number of nitrogens with one attached hydrogen (secondary N) is 2. The van der Waals surface area contributed by atoms with Crippen LogP contribution in [0.3, 0.4) is 0 Å². The third-order valence-electron chi connectivity index (χ3n) is 4.00. The van der Waals surface area contributed by atoms with Crippen LogP contribution in [0.4, 0.5) is 10.5 Å². The molecule has 0 bridgehead atoms. The minimum Gasteiger partial charge on any atom is -0.478 e. The van der Waals surface area contributed by atoms with Gasteiger partial charge in [0.25, 0.3) is 0 Å². The van der Waals surface area contributed by atoms with Gasteiger partial charge in [-0.3, -0.25) is 0 Å². The van der Waals surface area contributed by atoms with E-state index in [1.165, 1.54) is 6.07 Å². The third kappa shape index (κ3) is 3.33. The molecule has 2 amide bonds. The average Bonchev–Trinajstić information content (AvgIpc) is 2.68. The van der Waals surface area contributed by atoms with Crippen LogP contribution in [0, 0.1) is 6.92 Å². The Bertz CT molecular complexity index is 573. The van der Waals surface area contributed by atoms with Gasteiger partial charge in [0.05, 0.1) is 17.2 Å². The van der Waals surface area contributed by atoms with E-state index in [4.69, 9.17) is 9.84 Å². The maximum absolute atomic E-state index is 12.1. The van der Waals surface area contributed by atoms with E-state index in [1.54, 1.807) is 19.1 Å². The van der Waals surface area contributed by atoms with Gasteiger partial charge in [-0.15, -0.1) is 0 Å². The number of aryl methyl sites for hydroxylation is 1. The lowest BCUT2D eigenvalue weighted by molar-refractivity contribution is 0.0696. The highest BCUT2D eigenvalue weighted by molar-refractivity contribution is 5.93. The summed E-state index contributed by atoms with van der Waals surface area (Å²) in [5.41, 5.74) is 1.00. The number of carboxylic acid groups (broad SMARTS) is 1. The van der Waals surface area contributed by atoms with Crippen molar-refractivity contribution in [2.24, 2.45) is 0 Å². The zero-order chi connectivity index (χ0) is 15.6. The lowest BCUT2D eigenvalue weighted by Crippen LogP contribution is -2.52. The molecule has 1 saturated heterocycles. The van der Waals surface area contributed by atoms with Gasteiger partial charge < -0.3 is 20.5 Å². The first-order valence-electron chi connectivity index (χ1n) is 6.86. The van der Waals surface area contributed by atoms with Crippen molar-refractivity contribution >= 4 is 17.7 Å². The summed E-state index contributed by atoms with van der Waals surface area (Å²) in [4.78, 5) is 23.0. The predicted octanol–water partition coefficient (Wildman–Crippen LogP) is 2.38. The number of urea groups is 1. The molecule has 0 aromatic heterocycles. The van der Waals surface area contributed by atoms with E-state index in [1.807, 2.05) is 13.8 Å². The average molecular weight is 292 g/mol. The molecule has 1 aliphatic rings. The summed E-state index contributed by atoms with van der Waals surface area (Å²) in [5.74, 6) is -0.979. The van der Waals surface area contributed by atoms with Crippen molar-refractivity contribution in [3.05, 3.63) is 29.3 Å². The Morgan fingerprint density at radius 1 is 1.43 bits per heavy atom. The lowest BCUT2D eigenvalue weighted by Gasteiger charge is -2.28. The van der Waals surface area contributed by atoms with Crippen LogP contribution in [0.25, 0.3) is 0 Å². The molecule has 1 heterocycles. The van der Waals surface area contributed by atoms with Crippen molar-refractivity contribution in [2.45, 2.75) is 38.8 Å². The number of anilines is 1. The van der Waals surface area contributed by atoms with Crippen molar-refractivity contribution in [2.75, 3.05) is 11.9 Å². The summed E-state index contributed by atoms with van der Waals surface area (Å²) in [6.07, 6.45) is 0.720. The van der Waals surface area contributed by atoms with Crippen LogP contribution < -0.4 is 10.6 Å². The van der Waals surface area contributed by atoms with Crippen LogP contribution >= 0.6 is 0 Å². The Morgan fingerprint density at radius 2 is 2.14 bits per heavy atom. The van der Waals surface area contributed by atoms with E-state index in [-0.39, 0.29) is 23.2 Å². The molecule has 0 spiro atoms. The summed E-state index contributed by atoms with van der Waals surface area (Å²) < 4.78 is 5.47. The van der Waals surface area contributed by atoms with Crippen molar-refractivity contribution in [3.8, 4) is 0 Å². The molecule has 21 heavy (non-hydrogen) atoms. The highest BCUT2D eigenvalue weighted by Crippen LogP contribution is 2.25. The van der Waals surface area contributed by atoms with E-state index in [2.05, 4.69) is 10.6 Å². The number of carboxylic acids is 1. The molecular weight excluding hydrogens is 272 g/mol. The monoisotopic (exact) mass is 292 g/mol. The maximum atomic E-state index is 12.1. The highest BCUT2D eigenvalue weighted by Gasteiger charge is 2.38. The number of hydrogen-bond donors (Lipinski definition) is 3. The number of ether oxygens (including phenoxy) is 1. The molecule has 6 heteroatoms. The first-order chi connectivity index (χ1) is 9.82. The minimum atomic E-state index is -0.979. The minimum absolute atomic E-state index is 0.0422. The van der Waals surface area contributed by atoms with Gasteiger partial charge >= 0.3 is 12.0 Å². The lowest BCUT2D eigenvalue weighted by atomic mass is 9.95. The molecule has 2 rings (SSSR count). The first kappa shape index (κ1) is 15.3. The summed E-state index contributed by atoms with van der Waals surface area (Å²) in [5, 5.41) is 14.6. The number of carbonyl (C=O) groups is 2. The predicted molar refractivity (Wildman–Crippen MR) is 78.7 cm³/mol. The third-order valence-corrected chi connectivity index (χ3v) is 4.00. The van der Waals surface area contributed by atoms with E-state index in [9.17, 15) is 9.59 Å². The second kappa shape index (κ2) is 5.73. The fourth-order valence-electron chi connectivity index (χ4n) is 2.40. The largest absolute Gasteiger partial charge is 0.478 e. The van der Waals surface area contributed by atoms with E-state index in [0.29, 0.717) is 17.9 Å². The van der Waals surface area contributed by atoms with Gasteiger partial charge in [0.15, 0.2) is 0 Å². The zero-order valence-electron chi connectivity index (χ0n) is 12.4. The Morgan fingerprint density at radius 3 is 2.67 bits per heavy atom. The van der Waals surface area contributed by atoms with Crippen molar-refractivity contribution in [3.63, 3.8) is 0 Å². The van der Waals surface area contributed by atoms with Gasteiger partial charge in [-0.1, -0.05) is 0 Å². The number of amides is 2. The van der Waals surface area contributed by atoms with Crippen LogP contribution in [0.1, 0.15) is 36.2 Å². The van der Waals surface area contributed by atoms with Crippen LogP contribution in [-0.4, -0.2) is 35.4 Å². The first-order valence-corrected chi connectivity index (χ1v) is 6.86. The Balaban J connectivity index is 2.03. The molecule has 1 aromatic carbocycles. The quantitative estimate of drug-likeness (QED) is 0.798. The Labute approximate surface area is 123 Å². The van der Waals surface area contributed by atoms with Crippen molar-refractivity contribution in [1.82, 2.24) is 5.32 Å². The summed E-state index contributed by atoms with van der Waals surface area (Å²) >= 11 is 0. The molecule has 1 aliphatic heterocycles. The molecule has 1 fully saturated rings. The second-order valence-corrected chi connectivity index (χ2v) is 5.59. The van der Waals surface area contributed by atoms with Crippen molar-refractivity contribution in [1.29, 1.82) is 0 Å². The van der Waals surface area contributed by atoms with Gasteiger partial charge in [-0.25, -0.2) is 9.59 Å². The number of benzene rings is 1. The summed E-state index contributed by atoms with van der Waals surface area (Å²) in [6, 6.07) is 4.38.